The van der Waals surface area contributed by atoms with Crippen molar-refractivity contribution in [2.75, 3.05) is 22.8 Å². The Morgan fingerprint density at radius 2 is 1.43 bits per heavy atom. The Labute approximate surface area is 234 Å². The van der Waals surface area contributed by atoms with Gasteiger partial charge >= 0.3 is 0 Å². The topological polar surface area (TPSA) is 105 Å². The number of hydrogen-bond acceptors (Lipinski definition) is 5. The molecule has 0 aliphatic carbocycles. The molecule has 2 N–H and O–H groups in total. The average Bonchev–Trinajstić information content (AvgIpc) is 2.97. The summed E-state index contributed by atoms with van der Waals surface area (Å²) in [7, 11) is -4.14. The SMILES string of the molecule is CCOc1ccccc1N(CC(=O)Nc1ccccc1C(=O)N[C@H](C)c1ccccc1)S(=O)(=O)c1ccccc1. The first-order valence-electron chi connectivity index (χ1n) is 12.9. The van der Waals surface area contributed by atoms with Crippen LogP contribution in [0, 0.1) is 0 Å². The molecule has 0 unspecified atom stereocenters. The summed E-state index contributed by atoms with van der Waals surface area (Å²) in [5.41, 5.74) is 1.68. The number of hydrogen-bond donors (Lipinski definition) is 2. The molecule has 4 aromatic carbocycles. The van der Waals surface area contributed by atoms with Gasteiger partial charge in [0.15, 0.2) is 0 Å². The molecule has 2 amide bonds. The zero-order valence-electron chi connectivity index (χ0n) is 22.3. The second-order valence-electron chi connectivity index (χ2n) is 8.93. The molecule has 1 atom stereocenters. The molecule has 0 bridgehead atoms. The lowest BCUT2D eigenvalue weighted by Crippen LogP contribution is -2.38. The van der Waals surface area contributed by atoms with E-state index in [0.29, 0.717) is 12.4 Å². The van der Waals surface area contributed by atoms with Crippen molar-refractivity contribution in [3.8, 4) is 5.75 Å². The number of carbonyl (C=O) groups is 2. The van der Waals surface area contributed by atoms with Crippen LogP contribution >= 0.6 is 0 Å². The summed E-state index contributed by atoms with van der Waals surface area (Å²) in [5, 5.41) is 5.68. The lowest BCUT2D eigenvalue weighted by Gasteiger charge is -2.26. The monoisotopic (exact) mass is 557 g/mol. The van der Waals surface area contributed by atoms with Gasteiger partial charge in [-0.25, -0.2) is 8.42 Å². The lowest BCUT2D eigenvalue weighted by molar-refractivity contribution is -0.114. The molecular formula is C31H31N3O5S. The van der Waals surface area contributed by atoms with E-state index in [-0.39, 0.29) is 33.8 Å². The summed E-state index contributed by atoms with van der Waals surface area (Å²) in [6.45, 7) is 3.43. The number of sulfonamides is 1. The Bertz CT molecular complexity index is 1560. The van der Waals surface area contributed by atoms with Crippen LogP contribution in [0.5, 0.6) is 5.75 Å². The van der Waals surface area contributed by atoms with E-state index in [1.165, 1.54) is 12.1 Å². The van der Waals surface area contributed by atoms with Crippen molar-refractivity contribution >= 4 is 33.2 Å². The maximum absolute atomic E-state index is 13.7. The maximum Gasteiger partial charge on any atom is 0.264 e. The zero-order chi connectivity index (χ0) is 28.5. The number of rotatable bonds is 11. The van der Waals surface area contributed by atoms with E-state index in [2.05, 4.69) is 10.6 Å². The lowest BCUT2D eigenvalue weighted by atomic mass is 10.1. The summed E-state index contributed by atoms with van der Waals surface area (Å²) >= 11 is 0. The van der Waals surface area contributed by atoms with E-state index in [1.54, 1.807) is 73.7 Å². The smallest absolute Gasteiger partial charge is 0.264 e. The van der Waals surface area contributed by atoms with E-state index in [9.17, 15) is 18.0 Å². The Morgan fingerprint density at radius 3 is 2.12 bits per heavy atom. The standard InChI is InChI=1S/C31H31N3O5S/c1-3-39-29-21-13-12-20-28(29)34(40(37,38)25-16-8-5-9-17-25)22-30(35)33-27-19-11-10-18-26(27)31(36)32-23(2)24-14-6-4-7-15-24/h4-21,23H,3,22H2,1-2H3,(H,32,36)(H,33,35)/t23-/m1/s1. The van der Waals surface area contributed by atoms with Crippen LogP contribution in [0.3, 0.4) is 0 Å². The summed E-state index contributed by atoms with van der Waals surface area (Å²) < 4.78 is 34.2. The molecule has 0 saturated heterocycles. The minimum atomic E-state index is -4.14. The molecule has 4 rings (SSSR count). The van der Waals surface area contributed by atoms with Crippen molar-refractivity contribution in [3.05, 3.63) is 120 Å². The number of amides is 2. The van der Waals surface area contributed by atoms with Crippen LogP contribution in [-0.2, 0) is 14.8 Å². The van der Waals surface area contributed by atoms with Gasteiger partial charge in [-0.3, -0.25) is 13.9 Å². The predicted octanol–water partition coefficient (Wildman–Crippen LogP) is 5.41. The highest BCUT2D eigenvalue weighted by atomic mass is 32.2. The second kappa shape index (κ2) is 12.9. The van der Waals surface area contributed by atoms with E-state index in [4.69, 9.17) is 4.74 Å². The third-order valence-electron chi connectivity index (χ3n) is 6.15. The maximum atomic E-state index is 13.7. The fourth-order valence-electron chi connectivity index (χ4n) is 4.17. The van der Waals surface area contributed by atoms with Gasteiger partial charge < -0.3 is 15.4 Å². The van der Waals surface area contributed by atoms with Crippen molar-refractivity contribution < 1.29 is 22.7 Å². The zero-order valence-corrected chi connectivity index (χ0v) is 23.1. The summed E-state index contributed by atoms with van der Waals surface area (Å²) in [4.78, 5) is 26.6. The van der Waals surface area contributed by atoms with Gasteiger partial charge in [0.1, 0.15) is 12.3 Å². The second-order valence-corrected chi connectivity index (χ2v) is 10.8. The minimum Gasteiger partial charge on any atom is -0.492 e. The predicted molar refractivity (Wildman–Crippen MR) is 156 cm³/mol. The molecule has 40 heavy (non-hydrogen) atoms. The van der Waals surface area contributed by atoms with Crippen LogP contribution in [0.25, 0.3) is 0 Å². The van der Waals surface area contributed by atoms with Crippen molar-refractivity contribution in [2.45, 2.75) is 24.8 Å². The largest absolute Gasteiger partial charge is 0.492 e. The summed E-state index contributed by atoms with van der Waals surface area (Å²) in [5.74, 6) is -0.670. The third kappa shape index (κ3) is 6.68. The number of nitrogens with zero attached hydrogens (tertiary/aromatic N) is 1. The van der Waals surface area contributed by atoms with Crippen LogP contribution in [0.15, 0.2) is 114 Å². The van der Waals surface area contributed by atoms with Gasteiger partial charge in [0.2, 0.25) is 5.91 Å². The Balaban J connectivity index is 1.61. The van der Waals surface area contributed by atoms with Crippen molar-refractivity contribution in [1.82, 2.24) is 5.32 Å². The van der Waals surface area contributed by atoms with Crippen molar-refractivity contribution in [1.29, 1.82) is 0 Å². The fourth-order valence-corrected chi connectivity index (χ4v) is 5.62. The van der Waals surface area contributed by atoms with Crippen LogP contribution in [0.2, 0.25) is 0 Å². The number of benzene rings is 4. The summed E-state index contributed by atoms with van der Waals surface area (Å²) in [6, 6.07) is 30.4. The van der Waals surface area contributed by atoms with Gasteiger partial charge in [-0.1, -0.05) is 72.8 Å². The van der Waals surface area contributed by atoms with E-state index in [0.717, 1.165) is 9.87 Å². The molecule has 0 aliphatic heterocycles. The average molecular weight is 558 g/mol. The molecular weight excluding hydrogens is 526 g/mol. The van der Waals surface area contributed by atoms with Crippen LogP contribution < -0.4 is 19.7 Å². The number of nitrogens with one attached hydrogen (secondary N) is 2. The Hall–Kier alpha value is -4.63. The highest BCUT2D eigenvalue weighted by molar-refractivity contribution is 7.92. The number of para-hydroxylation sites is 3. The van der Waals surface area contributed by atoms with Gasteiger partial charge in [-0.2, -0.15) is 0 Å². The first kappa shape index (κ1) is 28.4. The first-order chi connectivity index (χ1) is 19.3. The molecule has 0 saturated carbocycles. The molecule has 0 spiro atoms. The van der Waals surface area contributed by atoms with Crippen LogP contribution in [-0.4, -0.2) is 33.4 Å². The fraction of sp³-hybridized carbons (Fsp3) is 0.161. The third-order valence-corrected chi connectivity index (χ3v) is 7.92. The molecule has 8 nitrogen and oxygen atoms in total. The number of ether oxygens (including phenoxy) is 1. The molecule has 0 aliphatic rings. The van der Waals surface area contributed by atoms with Gasteiger partial charge in [0, 0.05) is 0 Å². The highest BCUT2D eigenvalue weighted by Gasteiger charge is 2.29. The minimum absolute atomic E-state index is 0.0313. The van der Waals surface area contributed by atoms with Crippen molar-refractivity contribution in [2.24, 2.45) is 0 Å². The highest BCUT2D eigenvalue weighted by Crippen LogP contribution is 2.32. The number of carbonyl (C=O) groups excluding carboxylic acids is 2. The van der Waals surface area contributed by atoms with E-state index < -0.39 is 22.5 Å². The molecule has 0 heterocycles. The van der Waals surface area contributed by atoms with E-state index in [1.807, 2.05) is 37.3 Å². The molecule has 0 aromatic heterocycles. The molecule has 206 valence electrons. The van der Waals surface area contributed by atoms with Crippen LogP contribution in [0.1, 0.15) is 35.8 Å². The Kier molecular flexibility index (Phi) is 9.19. The normalized spacial score (nSPS) is 11.8. The number of anilines is 2. The first-order valence-corrected chi connectivity index (χ1v) is 14.3. The quantitative estimate of drug-likeness (QED) is 0.257. The van der Waals surface area contributed by atoms with Gasteiger partial charge in [-0.15, -0.1) is 0 Å². The summed E-state index contributed by atoms with van der Waals surface area (Å²) in [6.07, 6.45) is 0. The van der Waals surface area contributed by atoms with E-state index >= 15 is 0 Å². The van der Waals surface area contributed by atoms with Gasteiger partial charge in [0.25, 0.3) is 15.9 Å². The molecule has 0 radical (unpaired) electrons. The molecule has 0 fully saturated rings. The Morgan fingerprint density at radius 1 is 0.825 bits per heavy atom. The van der Waals surface area contributed by atoms with Gasteiger partial charge in [0.05, 0.1) is 34.5 Å². The van der Waals surface area contributed by atoms with Crippen molar-refractivity contribution in [3.63, 3.8) is 0 Å². The van der Waals surface area contributed by atoms with Gasteiger partial charge in [-0.05, 0) is 55.8 Å². The molecule has 4 aromatic rings. The molecule has 9 heteroatoms. The van der Waals surface area contributed by atoms with Crippen LogP contribution in [0.4, 0.5) is 11.4 Å².